The number of anilines is 2. The molecule has 2 amide bonds. The lowest BCUT2D eigenvalue weighted by Crippen LogP contribution is -2.40. The van der Waals surface area contributed by atoms with Crippen molar-refractivity contribution in [1.82, 2.24) is 4.90 Å². The lowest BCUT2D eigenvalue weighted by Gasteiger charge is -2.24. The Bertz CT molecular complexity index is 446. The molecule has 0 aliphatic rings. The van der Waals surface area contributed by atoms with Gasteiger partial charge in [0.25, 0.3) is 0 Å². The molecule has 0 aromatic heterocycles. The quantitative estimate of drug-likeness (QED) is 0.874. The molecule has 5 heteroatoms. The number of hydrogen-bond donors (Lipinski definition) is 2. The van der Waals surface area contributed by atoms with Gasteiger partial charge in [0.05, 0.1) is 12.6 Å². The van der Waals surface area contributed by atoms with Crippen LogP contribution in [0.15, 0.2) is 18.2 Å². The summed E-state index contributed by atoms with van der Waals surface area (Å²) >= 11 is 0. The molecule has 19 heavy (non-hydrogen) atoms. The molecular formula is C14H23N3O2. The Balaban J connectivity index is 2.80. The van der Waals surface area contributed by atoms with Gasteiger partial charge in [-0.1, -0.05) is 0 Å². The van der Waals surface area contributed by atoms with Crippen LogP contribution in [0.25, 0.3) is 0 Å². The summed E-state index contributed by atoms with van der Waals surface area (Å²) in [6, 6.07) is 5.44. The monoisotopic (exact) mass is 265 g/mol. The number of urea groups is 1. The highest BCUT2D eigenvalue weighted by Gasteiger charge is 2.15. The van der Waals surface area contributed by atoms with Gasteiger partial charge in [-0.3, -0.25) is 0 Å². The molecule has 0 radical (unpaired) electrons. The number of nitrogens with one attached hydrogen (secondary N) is 1. The largest absolute Gasteiger partial charge is 0.394 e. The van der Waals surface area contributed by atoms with Crippen molar-refractivity contribution in [3.8, 4) is 0 Å². The van der Waals surface area contributed by atoms with Crippen LogP contribution in [-0.4, -0.2) is 49.8 Å². The summed E-state index contributed by atoms with van der Waals surface area (Å²) in [7, 11) is 5.62. The number of likely N-dealkylation sites (N-methyl/N-ethyl adjacent to an activating group) is 1. The third kappa shape index (κ3) is 3.86. The molecule has 1 atom stereocenters. The number of aliphatic hydroxyl groups excluding tert-OH is 1. The summed E-state index contributed by atoms with van der Waals surface area (Å²) in [6.45, 7) is 3.70. The van der Waals surface area contributed by atoms with E-state index in [2.05, 4.69) is 5.32 Å². The van der Waals surface area contributed by atoms with Gasteiger partial charge in [0.1, 0.15) is 0 Å². The minimum Gasteiger partial charge on any atom is -0.394 e. The number of aliphatic hydroxyl groups is 1. The van der Waals surface area contributed by atoms with Gasteiger partial charge in [-0.2, -0.15) is 0 Å². The van der Waals surface area contributed by atoms with Crippen molar-refractivity contribution in [2.24, 2.45) is 0 Å². The molecule has 0 aliphatic heterocycles. The predicted molar refractivity (Wildman–Crippen MR) is 78.8 cm³/mol. The lowest BCUT2D eigenvalue weighted by atomic mass is 10.1. The Kier molecular flexibility index (Phi) is 5.18. The normalized spacial score (nSPS) is 11.9. The van der Waals surface area contributed by atoms with E-state index in [1.54, 1.807) is 14.0 Å². The average Bonchev–Trinajstić information content (AvgIpc) is 2.38. The molecule has 1 aromatic rings. The molecule has 0 saturated carbocycles. The number of amides is 2. The Morgan fingerprint density at radius 1 is 1.37 bits per heavy atom. The number of carbonyl (C=O) groups is 1. The molecule has 0 heterocycles. The fourth-order valence-corrected chi connectivity index (χ4v) is 1.59. The average molecular weight is 265 g/mol. The summed E-state index contributed by atoms with van der Waals surface area (Å²) in [5.41, 5.74) is 2.88. The molecule has 0 saturated heterocycles. The van der Waals surface area contributed by atoms with Crippen LogP contribution in [-0.2, 0) is 0 Å². The van der Waals surface area contributed by atoms with E-state index < -0.39 is 0 Å². The number of benzene rings is 1. The molecule has 0 spiro atoms. The van der Waals surface area contributed by atoms with E-state index in [4.69, 9.17) is 5.11 Å². The maximum absolute atomic E-state index is 12.0. The van der Waals surface area contributed by atoms with Crippen LogP contribution < -0.4 is 10.2 Å². The van der Waals surface area contributed by atoms with E-state index in [1.807, 2.05) is 44.1 Å². The Hall–Kier alpha value is -1.75. The van der Waals surface area contributed by atoms with E-state index in [1.165, 1.54) is 4.90 Å². The van der Waals surface area contributed by atoms with Gasteiger partial charge in [-0.25, -0.2) is 4.79 Å². The molecule has 106 valence electrons. The fraction of sp³-hybridized carbons (Fsp3) is 0.500. The highest BCUT2D eigenvalue weighted by Crippen LogP contribution is 2.21. The summed E-state index contributed by atoms with van der Waals surface area (Å²) in [5, 5.41) is 11.9. The zero-order valence-corrected chi connectivity index (χ0v) is 12.3. The van der Waals surface area contributed by atoms with E-state index in [-0.39, 0.29) is 18.7 Å². The molecule has 1 aromatic carbocycles. The third-order valence-corrected chi connectivity index (χ3v) is 3.21. The minimum atomic E-state index is -0.220. The third-order valence-electron chi connectivity index (χ3n) is 3.21. The molecule has 1 rings (SSSR count). The van der Waals surface area contributed by atoms with Crippen molar-refractivity contribution in [2.45, 2.75) is 19.9 Å². The Morgan fingerprint density at radius 3 is 2.47 bits per heavy atom. The SMILES string of the molecule is Cc1cc(N(C)C)ccc1NC(=O)N(C)C(C)CO. The molecule has 1 unspecified atom stereocenters. The number of nitrogens with zero attached hydrogens (tertiary/aromatic N) is 2. The molecular weight excluding hydrogens is 242 g/mol. The molecule has 0 aliphatic carbocycles. The first kappa shape index (κ1) is 15.3. The molecule has 5 nitrogen and oxygen atoms in total. The lowest BCUT2D eigenvalue weighted by molar-refractivity contribution is 0.166. The second-order valence-electron chi connectivity index (χ2n) is 4.97. The van der Waals surface area contributed by atoms with E-state index in [0.717, 1.165) is 16.9 Å². The van der Waals surface area contributed by atoms with Crippen LogP contribution in [0.5, 0.6) is 0 Å². The second-order valence-corrected chi connectivity index (χ2v) is 4.97. The Labute approximate surface area is 114 Å². The van der Waals surface area contributed by atoms with Gasteiger partial charge in [0.15, 0.2) is 0 Å². The van der Waals surface area contributed by atoms with Crippen molar-refractivity contribution in [2.75, 3.05) is 38.0 Å². The molecule has 0 fully saturated rings. The van der Waals surface area contributed by atoms with Crippen LogP contribution in [0.4, 0.5) is 16.2 Å². The van der Waals surface area contributed by atoms with Gasteiger partial charge in [-0.05, 0) is 37.6 Å². The first-order valence-electron chi connectivity index (χ1n) is 6.29. The molecule has 0 bridgehead atoms. The van der Waals surface area contributed by atoms with Crippen LogP contribution in [0.1, 0.15) is 12.5 Å². The fourth-order valence-electron chi connectivity index (χ4n) is 1.59. The maximum atomic E-state index is 12.0. The van der Waals surface area contributed by atoms with Gasteiger partial charge >= 0.3 is 6.03 Å². The highest BCUT2D eigenvalue weighted by atomic mass is 16.3. The zero-order valence-electron chi connectivity index (χ0n) is 12.3. The summed E-state index contributed by atoms with van der Waals surface area (Å²) < 4.78 is 0. The van der Waals surface area contributed by atoms with Crippen LogP contribution in [0, 0.1) is 6.92 Å². The second kappa shape index (κ2) is 6.43. The minimum absolute atomic E-state index is 0.0531. The number of rotatable bonds is 4. The summed E-state index contributed by atoms with van der Waals surface area (Å²) in [4.78, 5) is 15.5. The van der Waals surface area contributed by atoms with Crippen LogP contribution in [0.2, 0.25) is 0 Å². The van der Waals surface area contributed by atoms with Crippen LogP contribution >= 0.6 is 0 Å². The van der Waals surface area contributed by atoms with Crippen molar-refractivity contribution >= 4 is 17.4 Å². The summed E-state index contributed by atoms with van der Waals surface area (Å²) in [6.07, 6.45) is 0. The molecule has 2 N–H and O–H groups in total. The number of aryl methyl sites for hydroxylation is 1. The van der Waals surface area contributed by atoms with E-state index >= 15 is 0 Å². The van der Waals surface area contributed by atoms with E-state index in [0.29, 0.717) is 0 Å². The van der Waals surface area contributed by atoms with Crippen molar-refractivity contribution in [3.05, 3.63) is 23.8 Å². The van der Waals surface area contributed by atoms with Crippen LogP contribution in [0.3, 0.4) is 0 Å². The maximum Gasteiger partial charge on any atom is 0.321 e. The highest BCUT2D eigenvalue weighted by molar-refractivity contribution is 5.90. The van der Waals surface area contributed by atoms with Gasteiger partial charge in [-0.15, -0.1) is 0 Å². The first-order valence-corrected chi connectivity index (χ1v) is 6.29. The van der Waals surface area contributed by atoms with Crippen molar-refractivity contribution < 1.29 is 9.90 Å². The topological polar surface area (TPSA) is 55.8 Å². The summed E-state index contributed by atoms with van der Waals surface area (Å²) in [5.74, 6) is 0. The Morgan fingerprint density at radius 2 is 2.00 bits per heavy atom. The standard InChI is InChI=1S/C14H23N3O2/c1-10-8-12(16(3)4)6-7-13(10)15-14(19)17(5)11(2)9-18/h6-8,11,18H,9H2,1-5H3,(H,15,19). The van der Waals surface area contributed by atoms with E-state index in [9.17, 15) is 4.79 Å². The van der Waals surface area contributed by atoms with Gasteiger partial charge in [0, 0.05) is 32.5 Å². The number of hydrogen-bond acceptors (Lipinski definition) is 3. The zero-order chi connectivity index (χ0) is 14.6. The predicted octanol–water partition coefficient (Wildman–Crippen LogP) is 1.91. The van der Waals surface area contributed by atoms with Crippen molar-refractivity contribution in [1.29, 1.82) is 0 Å². The number of carbonyl (C=O) groups excluding carboxylic acids is 1. The first-order chi connectivity index (χ1) is 8.86. The van der Waals surface area contributed by atoms with Gasteiger partial charge < -0.3 is 20.2 Å². The van der Waals surface area contributed by atoms with Gasteiger partial charge in [0.2, 0.25) is 0 Å². The smallest absolute Gasteiger partial charge is 0.321 e. The van der Waals surface area contributed by atoms with Crippen molar-refractivity contribution in [3.63, 3.8) is 0 Å².